The van der Waals surface area contributed by atoms with Gasteiger partial charge >= 0.3 is 0 Å². The summed E-state index contributed by atoms with van der Waals surface area (Å²) in [5.41, 5.74) is 1.31. The molecule has 1 heterocycles. The van der Waals surface area contributed by atoms with Crippen LogP contribution in [0.15, 0.2) is 6.20 Å². The molecule has 1 aromatic rings. The molecule has 19 heavy (non-hydrogen) atoms. The van der Waals surface area contributed by atoms with Crippen molar-refractivity contribution in [3.8, 4) is 0 Å². The molecule has 0 radical (unpaired) electrons. The Labute approximate surface area is 116 Å². The van der Waals surface area contributed by atoms with Crippen LogP contribution in [0, 0.1) is 17.8 Å². The first-order valence-corrected chi connectivity index (χ1v) is 7.98. The van der Waals surface area contributed by atoms with Crippen molar-refractivity contribution in [3.05, 3.63) is 11.9 Å². The number of nitrogens with zero attached hydrogens (tertiary/aromatic N) is 3. The highest BCUT2D eigenvalue weighted by Gasteiger charge is 2.56. The number of rotatable bonds is 7. The third-order valence-electron chi connectivity index (χ3n) is 4.87. The summed E-state index contributed by atoms with van der Waals surface area (Å²) in [6.07, 6.45) is 8.61. The summed E-state index contributed by atoms with van der Waals surface area (Å²) in [6, 6.07) is 0.483. The Morgan fingerprint density at radius 1 is 1.32 bits per heavy atom. The van der Waals surface area contributed by atoms with Gasteiger partial charge in [0.1, 0.15) is 0 Å². The van der Waals surface area contributed by atoms with Gasteiger partial charge in [0.2, 0.25) is 0 Å². The summed E-state index contributed by atoms with van der Waals surface area (Å²) in [5.74, 6) is 2.79. The van der Waals surface area contributed by atoms with Gasteiger partial charge in [0, 0.05) is 6.54 Å². The van der Waals surface area contributed by atoms with Crippen LogP contribution in [0.2, 0.25) is 0 Å². The molecule has 4 heteroatoms. The van der Waals surface area contributed by atoms with E-state index in [9.17, 15) is 0 Å². The molecule has 1 aromatic heterocycles. The lowest BCUT2D eigenvalue weighted by molar-refractivity contribution is 0.387. The Balaban J connectivity index is 1.76. The Kier molecular flexibility index (Phi) is 3.87. The predicted molar refractivity (Wildman–Crippen MR) is 75.7 cm³/mol. The highest BCUT2D eigenvalue weighted by atomic mass is 15.4. The van der Waals surface area contributed by atoms with Crippen LogP contribution < -0.4 is 5.32 Å². The van der Waals surface area contributed by atoms with E-state index in [0.29, 0.717) is 6.04 Å². The highest BCUT2D eigenvalue weighted by molar-refractivity contribution is 5.15. The van der Waals surface area contributed by atoms with E-state index in [1.165, 1.54) is 31.4 Å². The molecule has 2 aliphatic rings. The second-order valence-electron chi connectivity index (χ2n) is 6.15. The number of hydrogen-bond donors (Lipinski definition) is 1. The van der Waals surface area contributed by atoms with Crippen molar-refractivity contribution in [2.75, 3.05) is 6.54 Å². The molecular weight excluding hydrogens is 236 g/mol. The molecule has 0 aliphatic heterocycles. The van der Waals surface area contributed by atoms with Crippen LogP contribution in [0.25, 0.3) is 0 Å². The molecule has 106 valence electrons. The maximum atomic E-state index is 4.27. The van der Waals surface area contributed by atoms with E-state index >= 15 is 0 Å². The fraction of sp³-hybridized carbons (Fsp3) is 0.867. The molecule has 3 rings (SSSR count). The van der Waals surface area contributed by atoms with Gasteiger partial charge in [0.25, 0.3) is 0 Å². The third kappa shape index (κ3) is 2.42. The summed E-state index contributed by atoms with van der Waals surface area (Å²) >= 11 is 0. The molecule has 1 N–H and O–H groups in total. The topological polar surface area (TPSA) is 42.7 Å². The first-order valence-electron chi connectivity index (χ1n) is 7.98. The maximum Gasteiger partial charge on any atom is 0.0759 e. The molecule has 3 unspecified atom stereocenters. The van der Waals surface area contributed by atoms with Crippen molar-refractivity contribution in [2.45, 2.75) is 58.5 Å². The molecule has 3 atom stereocenters. The molecule has 2 fully saturated rings. The van der Waals surface area contributed by atoms with Crippen molar-refractivity contribution in [2.24, 2.45) is 17.8 Å². The van der Waals surface area contributed by atoms with Gasteiger partial charge < -0.3 is 5.32 Å². The summed E-state index contributed by atoms with van der Waals surface area (Å²) in [7, 11) is 0. The number of aryl methyl sites for hydroxylation is 1. The molecule has 0 bridgehead atoms. The average Bonchev–Trinajstić information content (AvgIpc) is 2.83. The van der Waals surface area contributed by atoms with E-state index in [-0.39, 0.29) is 0 Å². The monoisotopic (exact) mass is 262 g/mol. The Morgan fingerprint density at radius 2 is 2.11 bits per heavy atom. The van der Waals surface area contributed by atoms with Gasteiger partial charge in [-0.1, -0.05) is 25.5 Å². The molecule has 0 aromatic carbocycles. The van der Waals surface area contributed by atoms with Gasteiger partial charge in [-0.25, -0.2) is 4.68 Å². The van der Waals surface area contributed by atoms with Crippen molar-refractivity contribution >= 4 is 0 Å². The normalized spacial score (nSPS) is 30.3. The molecule has 2 aliphatic carbocycles. The summed E-state index contributed by atoms with van der Waals surface area (Å²) in [6.45, 7) is 6.52. The summed E-state index contributed by atoms with van der Waals surface area (Å²) < 4.78 is 2.11. The van der Waals surface area contributed by atoms with E-state index in [0.717, 1.165) is 37.3 Å². The third-order valence-corrected chi connectivity index (χ3v) is 4.87. The molecule has 2 saturated carbocycles. The smallest absolute Gasteiger partial charge is 0.0759 e. The number of fused-ring (bicyclic) bond motifs is 1. The van der Waals surface area contributed by atoms with Gasteiger partial charge in [0.05, 0.1) is 17.9 Å². The lowest BCUT2D eigenvalue weighted by atomic mass is 10.0. The van der Waals surface area contributed by atoms with E-state index in [1.54, 1.807) is 0 Å². The largest absolute Gasteiger partial charge is 0.308 e. The van der Waals surface area contributed by atoms with Crippen LogP contribution in [0.4, 0.5) is 0 Å². The zero-order valence-corrected chi connectivity index (χ0v) is 12.2. The summed E-state index contributed by atoms with van der Waals surface area (Å²) in [5, 5.41) is 12.2. The van der Waals surface area contributed by atoms with Gasteiger partial charge in [-0.3, -0.25) is 0 Å². The average molecular weight is 262 g/mol. The Hall–Kier alpha value is -0.900. The van der Waals surface area contributed by atoms with Gasteiger partial charge in [-0.15, -0.1) is 5.10 Å². The van der Waals surface area contributed by atoms with Crippen molar-refractivity contribution in [3.63, 3.8) is 0 Å². The lowest BCUT2D eigenvalue weighted by Gasteiger charge is -2.21. The van der Waals surface area contributed by atoms with Crippen LogP contribution in [0.5, 0.6) is 0 Å². The van der Waals surface area contributed by atoms with E-state index < -0.39 is 0 Å². The van der Waals surface area contributed by atoms with E-state index in [2.05, 4.69) is 34.2 Å². The highest BCUT2D eigenvalue weighted by Crippen LogP contribution is 2.62. The van der Waals surface area contributed by atoms with E-state index in [1.807, 2.05) is 6.20 Å². The van der Waals surface area contributed by atoms with E-state index in [4.69, 9.17) is 0 Å². The molecular formula is C15H26N4. The van der Waals surface area contributed by atoms with Crippen LogP contribution in [0.1, 0.15) is 57.7 Å². The molecule has 0 spiro atoms. The van der Waals surface area contributed by atoms with Crippen LogP contribution >= 0.6 is 0 Å². The minimum absolute atomic E-state index is 0.483. The maximum absolute atomic E-state index is 4.27. The van der Waals surface area contributed by atoms with Crippen LogP contribution in [-0.2, 0) is 6.54 Å². The Bertz CT molecular complexity index is 404. The minimum atomic E-state index is 0.483. The number of aromatic nitrogens is 3. The standard InChI is InChI=1S/C15H26N4/c1-3-8-16-15(14-11-6-5-7-12(11)14)13-10-17-18-19(13)9-4-2/h10-12,14-16H,3-9H2,1-2H3. The first kappa shape index (κ1) is 13.1. The minimum Gasteiger partial charge on any atom is -0.308 e. The second-order valence-corrected chi connectivity index (χ2v) is 6.15. The van der Waals surface area contributed by atoms with Crippen LogP contribution in [-0.4, -0.2) is 21.5 Å². The van der Waals surface area contributed by atoms with Crippen molar-refractivity contribution in [1.82, 2.24) is 20.3 Å². The fourth-order valence-corrected chi connectivity index (χ4v) is 4.00. The van der Waals surface area contributed by atoms with Gasteiger partial charge in [-0.05, 0) is 50.0 Å². The molecule has 0 amide bonds. The predicted octanol–water partition coefficient (Wildman–Crippen LogP) is 2.77. The first-order chi connectivity index (χ1) is 9.36. The fourth-order valence-electron chi connectivity index (χ4n) is 4.00. The number of hydrogen-bond acceptors (Lipinski definition) is 3. The van der Waals surface area contributed by atoms with Gasteiger partial charge in [0.15, 0.2) is 0 Å². The zero-order chi connectivity index (χ0) is 13.2. The van der Waals surface area contributed by atoms with Crippen molar-refractivity contribution < 1.29 is 0 Å². The lowest BCUT2D eigenvalue weighted by Crippen LogP contribution is -2.28. The Morgan fingerprint density at radius 3 is 2.79 bits per heavy atom. The molecule has 4 nitrogen and oxygen atoms in total. The summed E-state index contributed by atoms with van der Waals surface area (Å²) in [4.78, 5) is 0. The quantitative estimate of drug-likeness (QED) is 0.821. The zero-order valence-electron chi connectivity index (χ0n) is 12.2. The number of nitrogens with one attached hydrogen (secondary N) is 1. The second kappa shape index (κ2) is 5.61. The van der Waals surface area contributed by atoms with Gasteiger partial charge in [-0.2, -0.15) is 0 Å². The molecule has 0 saturated heterocycles. The van der Waals surface area contributed by atoms with Crippen LogP contribution in [0.3, 0.4) is 0 Å². The SMILES string of the molecule is CCCNC(c1cnnn1CCC)C1C2CCCC21. The van der Waals surface area contributed by atoms with Crippen molar-refractivity contribution in [1.29, 1.82) is 0 Å².